The fourth-order valence-electron chi connectivity index (χ4n) is 6.85. The Morgan fingerprint density at radius 1 is 0.977 bits per heavy atom. The van der Waals surface area contributed by atoms with E-state index in [1.165, 1.54) is 11.1 Å². The van der Waals surface area contributed by atoms with Crippen LogP contribution in [0.3, 0.4) is 0 Å². The first kappa shape index (κ1) is 30.9. The number of likely N-dealkylation sites (tertiary alicyclic amines) is 2. The number of anilines is 1. The molecule has 9 heteroatoms. The Morgan fingerprint density at radius 3 is 2.37 bits per heavy atom. The van der Waals surface area contributed by atoms with Gasteiger partial charge in [0.1, 0.15) is 6.04 Å². The fraction of sp³-hybridized carbons (Fsp3) is 0.559. The number of fused-ring (bicyclic) bond motifs is 1. The van der Waals surface area contributed by atoms with Crippen molar-refractivity contribution in [3.05, 3.63) is 64.7 Å². The lowest BCUT2D eigenvalue weighted by atomic mass is 9.97. The van der Waals surface area contributed by atoms with E-state index in [1.807, 2.05) is 32.9 Å². The second-order valence-corrected chi connectivity index (χ2v) is 12.6. The fourth-order valence-corrected chi connectivity index (χ4v) is 6.85. The molecule has 2 aromatic carbocycles. The number of carbonyl (C=O) groups excluding carboxylic acids is 3. The minimum atomic E-state index is -0.622. The van der Waals surface area contributed by atoms with Gasteiger partial charge in [0, 0.05) is 56.9 Å². The molecule has 0 aliphatic carbocycles. The predicted molar refractivity (Wildman–Crippen MR) is 170 cm³/mol. The van der Waals surface area contributed by atoms with Crippen LogP contribution in [0.5, 0.6) is 0 Å². The Labute approximate surface area is 256 Å². The minimum Gasteiger partial charge on any atom is -0.341 e. The van der Waals surface area contributed by atoms with E-state index < -0.39 is 6.04 Å². The van der Waals surface area contributed by atoms with E-state index in [0.717, 1.165) is 42.5 Å². The van der Waals surface area contributed by atoms with Crippen molar-refractivity contribution in [2.45, 2.75) is 76.9 Å². The van der Waals surface area contributed by atoms with Crippen LogP contribution < -0.4 is 10.6 Å². The number of rotatable bonds is 7. The van der Waals surface area contributed by atoms with Gasteiger partial charge in [0.25, 0.3) is 0 Å². The molecule has 3 aliphatic rings. The lowest BCUT2D eigenvalue weighted by Crippen LogP contribution is -2.57. The largest absolute Gasteiger partial charge is 0.341 e. The molecule has 5 rings (SSSR count). The molecular weight excluding hydrogens is 540 g/mol. The number of hydrogen-bond donors (Lipinski definition) is 2. The lowest BCUT2D eigenvalue weighted by Gasteiger charge is -2.39. The van der Waals surface area contributed by atoms with Crippen molar-refractivity contribution < 1.29 is 14.4 Å². The molecule has 0 bridgehead atoms. The van der Waals surface area contributed by atoms with Crippen LogP contribution >= 0.6 is 0 Å². The summed E-state index contributed by atoms with van der Waals surface area (Å²) in [5.41, 5.74) is 5.61. The first-order valence-corrected chi connectivity index (χ1v) is 16.0. The minimum absolute atomic E-state index is 0.000121. The van der Waals surface area contributed by atoms with Crippen molar-refractivity contribution >= 4 is 23.7 Å². The second-order valence-electron chi connectivity index (χ2n) is 12.6. The van der Waals surface area contributed by atoms with Crippen LogP contribution in [0.15, 0.2) is 42.5 Å². The first-order valence-electron chi connectivity index (χ1n) is 16.0. The Kier molecular flexibility index (Phi) is 9.90. The van der Waals surface area contributed by atoms with Crippen LogP contribution in [0.25, 0.3) is 0 Å². The number of urea groups is 2. The van der Waals surface area contributed by atoms with Crippen molar-refractivity contribution in [3.8, 4) is 0 Å². The Bertz CT molecular complexity index is 1300. The topological polar surface area (TPSA) is 88.2 Å². The van der Waals surface area contributed by atoms with Crippen molar-refractivity contribution in [2.24, 2.45) is 0 Å². The summed E-state index contributed by atoms with van der Waals surface area (Å²) in [7, 11) is 4.19. The molecule has 2 fully saturated rings. The summed E-state index contributed by atoms with van der Waals surface area (Å²) in [5, 5.41) is 6.20. The smallest absolute Gasteiger partial charge is 0.322 e. The number of para-hydroxylation sites is 1. The molecule has 0 radical (unpaired) electrons. The molecule has 3 heterocycles. The molecule has 5 amide bonds. The Morgan fingerprint density at radius 2 is 1.67 bits per heavy atom. The molecule has 2 saturated heterocycles. The third-order valence-corrected chi connectivity index (χ3v) is 9.67. The van der Waals surface area contributed by atoms with Gasteiger partial charge < -0.3 is 30.2 Å². The highest BCUT2D eigenvalue weighted by molar-refractivity contribution is 5.91. The van der Waals surface area contributed by atoms with Crippen molar-refractivity contribution in [1.82, 2.24) is 24.9 Å². The van der Waals surface area contributed by atoms with E-state index in [4.69, 9.17) is 0 Å². The highest BCUT2D eigenvalue weighted by Crippen LogP contribution is 2.25. The van der Waals surface area contributed by atoms with Gasteiger partial charge in [-0.05, 0) is 87.9 Å². The summed E-state index contributed by atoms with van der Waals surface area (Å²) < 4.78 is 0. The van der Waals surface area contributed by atoms with E-state index in [2.05, 4.69) is 67.7 Å². The summed E-state index contributed by atoms with van der Waals surface area (Å²) in [6.45, 7) is 7.42. The van der Waals surface area contributed by atoms with Crippen molar-refractivity contribution in [2.75, 3.05) is 52.1 Å². The van der Waals surface area contributed by atoms with Crippen LogP contribution in [0.1, 0.15) is 54.9 Å². The molecule has 0 aromatic heterocycles. The van der Waals surface area contributed by atoms with Gasteiger partial charge in [-0.15, -0.1) is 0 Å². The highest BCUT2D eigenvalue weighted by Gasteiger charge is 2.34. The van der Waals surface area contributed by atoms with Gasteiger partial charge in [-0.3, -0.25) is 4.79 Å². The van der Waals surface area contributed by atoms with Gasteiger partial charge in [-0.25, -0.2) is 9.59 Å². The zero-order valence-electron chi connectivity index (χ0n) is 26.3. The van der Waals surface area contributed by atoms with Gasteiger partial charge in [0.15, 0.2) is 0 Å². The van der Waals surface area contributed by atoms with Gasteiger partial charge in [0.2, 0.25) is 5.91 Å². The average Bonchev–Trinajstić information content (AvgIpc) is 3.19. The Balaban J connectivity index is 1.22. The van der Waals surface area contributed by atoms with Crippen molar-refractivity contribution in [3.63, 3.8) is 0 Å². The van der Waals surface area contributed by atoms with Gasteiger partial charge in [-0.2, -0.15) is 0 Å². The van der Waals surface area contributed by atoms with Crippen LogP contribution in [0, 0.1) is 6.92 Å². The van der Waals surface area contributed by atoms with Crippen LogP contribution in [-0.4, -0.2) is 103 Å². The number of hydrogen-bond acceptors (Lipinski definition) is 4. The molecule has 9 nitrogen and oxygen atoms in total. The number of nitrogens with one attached hydrogen (secondary N) is 2. The summed E-state index contributed by atoms with van der Waals surface area (Å²) in [6.07, 6.45) is 5.51. The zero-order chi connectivity index (χ0) is 30.5. The van der Waals surface area contributed by atoms with Gasteiger partial charge in [0.05, 0.1) is 0 Å². The number of piperidine rings is 2. The molecule has 2 N–H and O–H groups in total. The molecule has 0 spiro atoms. The monoisotopic (exact) mass is 588 g/mol. The number of benzene rings is 2. The number of nitrogens with zero attached hydrogens (tertiary/aromatic N) is 4. The zero-order valence-corrected chi connectivity index (χ0v) is 26.3. The van der Waals surface area contributed by atoms with Crippen molar-refractivity contribution in [1.29, 1.82) is 0 Å². The third-order valence-electron chi connectivity index (χ3n) is 9.67. The molecule has 232 valence electrons. The van der Waals surface area contributed by atoms with Crippen LogP contribution in [-0.2, 0) is 24.1 Å². The Hall–Kier alpha value is -3.59. The van der Waals surface area contributed by atoms with E-state index in [-0.39, 0.29) is 24.0 Å². The van der Waals surface area contributed by atoms with Crippen LogP contribution in [0.4, 0.5) is 15.3 Å². The summed E-state index contributed by atoms with van der Waals surface area (Å²) >= 11 is 0. The maximum atomic E-state index is 13.9. The first-order chi connectivity index (χ1) is 20.7. The molecular formula is C34H48N6O3. The summed E-state index contributed by atoms with van der Waals surface area (Å²) in [5.74, 6) is -0.000121. The third kappa shape index (κ3) is 7.32. The maximum absolute atomic E-state index is 13.9. The molecule has 0 unspecified atom stereocenters. The standard InChI is InChI=1S/C34H48N6O3/c1-5-26-22-25(11-10-24(26)2)23-31(32(41)38-17-13-28(14-18-38)37(3)4)36-33(42)39-19-15-29(16-20-39)40-21-12-27-8-6-7-9-30(27)35-34(40)43/h6-11,22,28-29,31H,5,12-21,23H2,1-4H3,(H,35,43)(H,36,42)/t31-/m1/s1. The molecule has 3 aliphatic heterocycles. The number of aryl methyl sites for hydroxylation is 2. The molecule has 0 saturated carbocycles. The lowest BCUT2D eigenvalue weighted by molar-refractivity contribution is -0.134. The van der Waals surface area contributed by atoms with Crippen LogP contribution in [0.2, 0.25) is 0 Å². The van der Waals surface area contributed by atoms with E-state index >= 15 is 0 Å². The predicted octanol–water partition coefficient (Wildman–Crippen LogP) is 4.29. The number of amides is 5. The molecule has 43 heavy (non-hydrogen) atoms. The van der Waals surface area contributed by atoms with E-state index in [0.29, 0.717) is 58.0 Å². The molecule has 2 aromatic rings. The average molecular weight is 589 g/mol. The number of carbonyl (C=O) groups is 3. The summed E-state index contributed by atoms with van der Waals surface area (Å²) in [6, 6.07) is 14.0. The van der Waals surface area contributed by atoms with E-state index in [1.54, 1.807) is 0 Å². The SMILES string of the molecule is CCc1cc(C[C@@H](NC(=O)N2CCC(N3CCc4ccccc4NC3=O)CC2)C(=O)N2CCC(N(C)C)CC2)ccc1C. The quantitative estimate of drug-likeness (QED) is 0.506. The highest BCUT2D eigenvalue weighted by atomic mass is 16.2. The molecule has 1 atom stereocenters. The van der Waals surface area contributed by atoms with Gasteiger partial charge >= 0.3 is 12.1 Å². The summed E-state index contributed by atoms with van der Waals surface area (Å²) in [4.78, 5) is 48.4. The maximum Gasteiger partial charge on any atom is 0.322 e. The normalized spacial score (nSPS) is 19.1. The van der Waals surface area contributed by atoms with E-state index in [9.17, 15) is 14.4 Å². The second kappa shape index (κ2) is 13.8. The van der Waals surface area contributed by atoms with Gasteiger partial charge in [-0.1, -0.05) is 43.3 Å².